The number of aliphatic hydroxyl groups excluding tert-OH is 1. The van der Waals surface area contributed by atoms with E-state index in [0.717, 1.165) is 0 Å². The molecule has 90 valence electrons. The molecule has 0 fully saturated rings. The number of anilines is 1. The van der Waals surface area contributed by atoms with E-state index in [2.05, 4.69) is 0 Å². The first-order valence-electron chi connectivity index (χ1n) is 4.74. The maximum atomic E-state index is 11.2. The lowest BCUT2D eigenvalue weighted by molar-refractivity contribution is 0.184. The highest BCUT2D eigenvalue weighted by atomic mass is 32.2. The Kier molecular flexibility index (Phi) is 3.57. The molecule has 16 heavy (non-hydrogen) atoms. The molecule has 0 amide bonds. The van der Waals surface area contributed by atoms with Crippen molar-refractivity contribution in [1.29, 1.82) is 0 Å². The third kappa shape index (κ3) is 2.52. The third-order valence-electron chi connectivity index (χ3n) is 2.40. The van der Waals surface area contributed by atoms with Gasteiger partial charge in [-0.2, -0.15) is 8.42 Å². The summed E-state index contributed by atoms with van der Waals surface area (Å²) in [5, 5.41) is 8.05. The van der Waals surface area contributed by atoms with Gasteiger partial charge in [0.25, 0.3) is 10.1 Å². The number of benzene rings is 1. The van der Waals surface area contributed by atoms with Crippen LogP contribution < -0.4 is 5.73 Å². The highest BCUT2D eigenvalue weighted by Crippen LogP contribution is 2.32. The van der Waals surface area contributed by atoms with Gasteiger partial charge >= 0.3 is 0 Å². The van der Waals surface area contributed by atoms with E-state index in [1.54, 1.807) is 19.1 Å². The zero-order valence-corrected chi connectivity index (χ0v) is 9.90. The van der Waals surface area contributed by atoms with Gasteiger partial charge in [-0.1, -0.05) is 12.1 Å². The van der Waals surface area contributed by atoms with E-state index in [0.29, 0.717) is 5.56 Å². The first-order valence-corrected chi connectivity index (χ1v) is 6.25. The molecule has 0 saturated carbocycles. The minimum Gasteiger partial charge on any atom is -0.398 e. The Hall–Kier alpha value is -1.11. The van der Waals surface area contributed by atoms with Crippen LogP contribution in [0.25, 0.3) is 0 Å². The Labute approximate surface area is 94.7 Å². The third-order valence-corrected chi connectivity index (χ3v) is 3.67. The summed E-state index contributed by atoms with van der Waals surface area (Å²) < 4.78 is 31.5. The summed E-state index contributed by atoms with van der Waals surface area (Å²) >= 11 is 0. The fourth-order valence-corrected chi connectivity index (χ4v) is 2.85. The SMILES string of the molecule is Cc1cccc(N)c1C(C(C)O)S(=O)(=O)O. The van der Waals surface area contributed by atoms with Crippen LogP contribution in [0, 0.1) is 6.92 Å². The van der Waals surface area contributed by atoms with Crippen LogP contribution in [0.5, 0.6) is 0 Å². The van der Waals surface area contributed by atoms with Crippen molar-refractivity contribution in [2.75, 3.05) is 5.73 Å². The smallest absolute Gasteiger partial charge is 0.274 e. The first-order chi connectivity index (χ1) is 7.25. The van der Waals surface area contributed by atoms with Gasteiger partial charge in [-0.25, -0.2) is 0 Å². The molecular weight excluding hydrogens is 230 g/mol. The molecule has 5 nitrogen and oxygen atoms in total. The first kappa shape index (κ1) is 13.0. The van der Waals surface area contributed by atoms with E-state index >= 15 is 0 Å². The predicted molar refractivity (Wildman–Crippen MR) is 61.6 cm³/mol. The van der Waals surface area contributed by atoms with E-state index in [1.807, 2.05) is 0 Å². The van der Waals surface area contributed by atoms with Crippen molar-refractivity contribution in [3.8, 4) is 0 Å². The lowest BCUT2D eigenvalue weighted by Crippen LogP contribution is -2.25. The Balaban J connectivity index is 3.45. The molecule has 0 spiro atoms. The van der Waals surface area contributed by atoms with Crippen molar-refractivity contribution in [2.24, 2.45) is 0 Å². The van der Waals surface area contributed by atoms with Gasteiger partial charge in [0.2, 0.25) is 0 Å². The molecule has 0 aliphatic carbocycles. The molecule has 2 atom stereocenters. The molecule has 1 aromatic rings. The van der Waals surface area contributed by atoms with Crippen LogP contribution in [-0.2, 0) is 10.1 Å². The van der Waals surface area contributed by atoms with Crippen molar-refractivity contribution >= 4 is 15.8 Å². The Morgan fingerprint density at radius 1 is 1.38 bits per heavy atom. The van der Waals surface area contributed by atoms with E-state index < -0.39 is 21.5 Å². The number of rotatable bonds is 3. The topological polar surface area (TPSA) is 101 Å². The van der Waals surface area contributed by atoms with Gasteiger partial charge in [-0.05, 0) is 25.5 Å². The largest absolute Gasteiger partial charge is 0.398 e. The Bertz CT molecular complexity index is 461. The van der Waals surface area contributed by atoms with Gasteiger partial charge in [0.1, 0.15) is 5.25 Å². The van der Waals surface area contributed by atoms with Gasteiger partial charge in [0.05, 0.1) is 6.10 Å². The summed E-state index contributed by atoms with van der Waals surface area (Å²) in [5.74, 6) is 0. The fraction of sp³-hybridized carbons (Fsp3) is 0.400. The summed E-state index contributed by atoms with van der Waals surface area (Å²) in [6.45, 7) is 2.97. The number of hydrogen-bond donors (Lipinski definition) is 3. The fourth-order valence-electron chi connectivity index (χ4n) is 1.73. The highest BCUT2D eigenvalue weighted by Gasteiger charge is 2.32. The lowest BCUT2D eigenvalue weighted by atomic mass is 10.0. The van der Waals surface area contributed by atoms with Gasteiger partial charge in [0.15, 0.2) is 0 Å². The maximum Gasteiger partial charge on any atom is 0.274 e. The number of aliphatic hydroxyl groups is 1. The normalized spacial score (nSPS) is 15.8. The van der Waals surface area contributed by atoms with Gasteiger partial charge in [-0.3, -0.25) is 4.55 Å². The average Bonchev–Trinajstić information content (AvgIpc) is 2.08. The predicted octanol–water partition coefficient (Wildman–Crippen LogP) is 0.887. The summed E-state index contributed by atoms with van der Waals surface area (Å²) in [6.07, 6.45) is -1.24. The van der Waals surface area contributed by atoms with Crippen molar-refractivity contribution in [2.45, 2.75) is 25.2 Å². The molecule has 0 aromatic heterocycles. The quantitative estimate of drug-likeness (QED) is 0.542. The molecule has 4 N–H and O–H groups in total. The van der Waals surface area contributed by atoms with Gasteiger partial charge < -0.3 is 10.8 Å². The van der Waals surface area contributed by atoms with Crippen LogP contribution in [0.1, 0.15) is 23.3 Å². The van der Waals surface area contributed by atoms with Crippen molar-refractivity contribution < 1.29 is 18.1 Å². The number of nitrogens with two attached hydrogens (primary N) is 1. The van der Waals surface area contributed by atoms with E-state index in [9.17, 15) is 13.5 Å². The molecule has 0 aliphatic heterocycles. The van der Waals surface area contributed by atoms with Crippen LogP contribution in [0.15, 0.2) is 18.2 Å². The zero-order valence-electron chi connectivity index (χ0n) is 9.08. The van der Waals surface area contributed by atoms with E-state index in [4.69, 9.17) is 10.3 Å². The van der Waals surface area contributed by atoms with Gasteiger partial charge in [-0.15, -0.1) is 0 Å². The summed E-state index contributed by atoms with van der Waals surface area (Å²) in [4.78, 5) is 0. The second kappa shape index (κ2) is 4.40. The van der Waals surface area contributed by atoms with Crippen LogP contribution in [0.3, 0.4) is 0 Å². The van der Waals surface area contributed by atoms with Crippen LogP contribution >= 0.6 is 0 Å². The Morgan fingerprint density at radius 3 is 2.31 bits per heavy atom. The van der Waals surface area contributed by atoms with Gasteiger partial charge in [0, 0.05) is 11.3 Å². The minimum atomic E-state index is -4.39. The van der Waals surface area contributed by atoms with Crippen LogP contribution in [0.4, 0.5) is 5.69 Å². The van der Waals surface area contributed by atoms with Crippen molar-refractivity contribution in [1.82, 2.24) is 0 Å². The number of hydrogen-bond acceptors (Lipinski definition) is 4. The molecule has 0 saturated heterocycles. The second-order valence-electron chi connectivity index (χ2n) is 3.75. The standard InChI is InChI=1S/C10H15NO4S/c1-6-4-3-5-8(11)9(6)10(7(2)12)16(13,14)15/h3-5,7,10,12H,11H2,1-2H3,(H,13,14,15). The molecule has 1 rings (SSSR count). The molecular formula is C10H15NO4S. The molecule has 1 aromatic carbocycles. The lowest BCUT2D eigenvalue weighted by Gasteiger charge is -2.20. The van der Waals surface area contributed by atoms with Crippen molar-refractivity contribution in [3.63, 3.8) is 0 Å². The molecule has 0 radical (unpaired) electrons. The Morgan fingerprint density at radius 2 is 1.94 bits per heavy atom. The minimum absolute atomic E-state index is 0.239. The average molecular weight is 245 g/mol. The van der Waals surface area contributed by atoms with E-state index in [1.165, 1.54) is 13.0 Å². The summed E-state index contributed by atoms with van der Waals surface area (Å²) in [7, 11) is -4.39. The maximum absolute atomic E-state index is 11.2. The van der Waals surface area contributed by atoms with Crippen molar-refractivity contribution in [3.05, 3.63) is 29.3 Å². The summed E-state index contributed by atoms with van der Waals surface area (Å²) in [5.41, 5.74) is 6.77. The summed E-state index contributed by atoms with van der Waals surface area (Å²) in [6, 6.07) is 4.88. The number of nitrogen functional groups attached to an aromatic ring is 1. The number of aryl methyl sites for hydroxylation is 1. The highest BCUT2D eigenvalue weighted by molar-refractivity contribution is 7.86. The molecule has 0 aliphatic rings. The second-order valence-corrected chi connectivity index (χ2v) is 5.29. The molecule has 6 heteroatoms. The monoisotopic (exact) mass is 245 g/mol. The van der Waals surface area contributed by atoms with E-state index in [-0.39, 0.29) is 11.3 Å². The molecule has 0 bridgehead atoms. The molecule has 2 unspecified atom stereocenters. The van der Waals surface area contributed by atoms with Crippen LogP contribution in [0.2, 0.25) is 0 Å². The van der Waals surface area contributed by atoms with Crippen LogP contribution in [-0.4, -0.2) is 24.2 Å². The zero-order chi connectivity index (χ0) is 12.5. The molecule has 0 heterocycles.